The molecule has 0 radical (unpaired) electrons. The number of rotatable bonds is 6. The SMILES string of the molecule is CC(C)CCCS(=O)(=O)c1cc(F)c(Cl)c(C(=O)O)c1. The second kappa shape index (κ2) is 6.54. The summed E-state index contributed by atoms with van der Waals surface area (Å²) in [4.78, 5) is 10.6. The maximum absolute atomic E-state index is 13.5. The van der Waals surface area contributed by atoms with Gasteiger partial charge in [-0.2, -0.15) is 0 Å². The molecule has 0 aliphatic rings. The van der Waals surface area contributed by atoms with E-state index in [1.54, 1.807) is 0 Å². The van der Waals surface area contributed by atoms with Crippen molar-refractivity contribution in [2.75, 3.05) is 5.75 Å². The van der Waals surface area contributed by atoms with Crippen molar-refractivity contribution in [3.63, 3.8) is 0 Å². The maximum Gasteiger partial charge on any atom is 0.337 e. The summed E-state index contributed by atoms with van der Waals surface area (Å²) in [5.74, 6) is -2.30. The molecule has 0 unspecified atom stereocenters. The molecule has 0 aliphatic heterocycles. The monoisotopic (exact) mass is 322 g/mol. The summed E-state index contributed by atoms with van der Waals surface area (Å²) in [6.07, 6.45) is 1.16. The van der Waals surface area contributed by atoms with Crippen molar-refractivity contribution in [2.45, 2.75) is 31.6 Å². The molecule has 7 heteroatoms. The minimum atomic E-state index is -3.71. The second-order valence-corrected chi connectivity index (χ2v) is 7.41. The molecule has 1 aromatic rings. The normalized spacial score (nSPS) is 11.8. The van der Waals surface area contributed by atoms with Gasteiger partial charge in [-0.05, 0) is 30.9 Å². The van der Waals surface area contributed by atoms with E-state index in [4.69, 9.17) is 16.7 Å². The first kappa shape index (κ1) is 16.9. The number of sulfone groups is 1. The van der Waals surface area contributed by atoms with Crippen LogP contribution in [0.25, 0.3) is 0 Å². The van der Waals surface area contributed by atoms with Crippen molar-refractivity contribution in [1.29, 1.82) is 0 Å². The van der Waals surface area contributed by atoms with E-state index in [0.717, 1.165) is 18.6 Å². The third-order valence-corrected chi connectivity index (χ3v) is 4.95. The van der Waals surface area contributed by atoms with Gasteiger partial charge in [0.1, 0.15) is 5.82 Å². The van der Waals surface area contributed by atoms with Gasteiger partial charge in [-0.15, -0.1) is 0 Å². The molecule has 4 nitrogen and oxygen atoms in total. The Bertz CT molecular complexity index is 611. The summed E-state index contributed by atoms with van der Waals surface area (Å²) in [6.45, 7) is 3.94. The van der Waals surface area contributed by atoms with Gasteiger partial charge in [0, 0.05) is 0 Å². The highest BCUT2D eigenvalue weighted by atomic mass is 35.5. The average molecular weight is 323 g/mol. The Morgan fingerprint density at radius 2 is 2.00 bits per heavy atom. The third-order valence-electron chi connectivity index (χ3n) is 2.79. The minimum absolute atomic E-state index is 0.148. The molecule has 0 aromatic heterocycles. The molecule has 0 bridgehead atoms. The van der Waals surface area contributed by atoms with Crippen molar-refractivity contribution < 1.29 is 22.7 Å². The summed E-state index contributed by atoms with van der Waals surface area (Å²) in [7, 11) is -3.71. The molecular weight excluding hydrogens is 307 g/mol. The number of carboxylic acids is 1. The number of hydrogen-bond donors (Lipinski definition) is 1. The average Bonchev–Trinajstić information content (AvgIpc) is 2.31. The largest absolute Gasteiger partial charge is 0.478 e. The summed E-state index contributed by atoms with van der Waals surface area (Å²) in [5.41, 5.74) is -0.547. The molecule has 1 rings (SSSR count). The quantitative estimate of drug-likeness (QED) is 0.871. The molecule has 0 atom stereocenters. The first-order valence-corrected chi connectivity index (χ1v) is 8.13. The predicted molar refractivity (Wildman–Crippen MR) is 74.5 cm³/mol. The highest BCUT2D eigenvalue weighted by Gasteiger charge is 2.21. The van der Waals surface area contributed by atoms with Gasteiger partial charge in [0.2, 0.25) is 0 Å². The molecule has 0 fully saturated rings. The number of aromatic carboxylic acids is 1. The Morgan fingerprint density at radius 1 is 1.40 bits per heavy atom. The summed E-state index contributed by atoms with van der Waals surface area (Å²) in [6, 6.07) is 1.66. The lowest BCUT2D eigenvalue weighted by Crippen LogP contribution is -2.10. The molecule has 0 heterocycles. The van der Waals surface area contributed by atoms with Crippen LogP contribution in [0.5, 0.6) is 0 Å². The molecular formula is C13H16ClFO4S. The van der Waals surface area contributed by atoms with E-state index >= 15 is 0 Å². The molecule has 112 valence electrons. The van der Waals surface area contributed by atoms with Gasteiger partial charge in [0.05, 0.1) is 21.2 Å². The zero-order valence-electron chi connectivity index (χ0n) is 11.2. The number of benzene rings is 1. The van der Waals surface area contributed by atoms with Crippen LogP contribution in [0.3, 0.4) is 0 Å². The van der Waals surface area contributed by atoms with Gasteiger partial charge in [-0.1, -0.05) is 25.4 Å². The number of halogens is 2. The second-order valence-electron chi connectivity index (χ2n) is 4.93. The standard InChI is InChI=1S/C13H16ClFO4S/c1-8(2)4-3-5-20(18,19)9-6-10(13(16)17)12(14)11(15)7-9/h6-8H,3-5H2,1-2H3,(H,16,17). The van der Waals surface area contributed by atoms with Crippen molar-refractivity contribution in [3.8, 4) is 0 Å². The molecule has 20 heavy (non-hydrogen) atoms. The van der Waals surface area contributed by atoms with E-state index in [2.05, 4.69) is 0 Å². The lowest BCUT2D eigenvalue weighted by Gasteiger charge is -2.08. The van der Waals surface area contributed by atoms with E-state index < -0.39 is 32.2 Å². The van der Waals surface area contributed by atoms with E-state index in [9.17, 15) is 17.6 Å². The van der Waals surface area contributed by atoms with Crippen LogP contribution in [0, 0.1) is 11.7 Å². The Hall–Kier alpha value is -1.14. The van der Waals surface area contributed by atoms with Crippen molar-refractivity contribution in [2.24, 2.45) is 5.92 Å². The van der Waals surface area contributed by atoms with Crippen LogP contribution < -0.4 is 0 Å². The Labute approximate surface area is 122 Å². The first-order chi connectivity index (χ1) is 9.15. The van der Waals surface area contributed by atoms with Crippen molar-refractivity contribution >= 4 is 27.4 Å². The zero-order chi connectivity index (χ0) is 15.5. The highest BCUT2D eigenvalue weighted by Crippen LogP contribution is 2.25. The van der Waals surface area contributed by atoms with Crippen LogP contribution in [0.4, 0.5) is 4.39 Å². The lowest BCUT2D eigenvalue weighted by atomic mass is 10.1. The number of carboxylic acid groups (broad SMARTS) is 1. The molecule has 1 aromatic carbocycles. The van der Waals surface area contributed by atoms with E-state index in [1.807, 2.05) is 13.8 Å². The van der Waals surface area contributed by atoms with Gasteiger partial charge in [0.15, 0.2) is 9.84 Å². The van der Waals surface area contributed by atoms with Gasteiger partial charge in [0.25, 0.3) is 0 Å². The fraction of sp³-hybridized carbons (Fsp3) is 0.462. The molecule has 0 aliphatic carbocycles. The van der Waals surface area contributed by atoms with Crippen molar-refractivity contribution in [3.05, 3.63) is 28.5 Å². The summed E-state index contributed by atoms with van der Waals surface area (Å²) < 4.78 is 37.6. The van der Waals surface area contributed by atoms with E-state index in [0.29, 0.717) is 12.3 Å². The van der Waals surface area contributed by atoms with Crippen LogP contribution in [-0.2, 0) is 9.84 Å². The number of hydrogen-bond acceptors (Lipinski definition) is 3. The minimum Gasteiger partial charge on any atom is -0.478 e. The Kier molecular flexibility index (Phi) is 5.53. The van der Waals surface area contributed by atoms with Crippen molar-refractivity contribution in [1.82, 2.24) is 0 Å². The Morgan fingerprint density at radius 3 is 2.50 bits per heavy atom. The van der Waals surface area contributed by atoms with Crippen LogP contribution in [-0.4, -0.2) is 25.2 Å². The summed E-state index contributed by atoms with van der Waals surface area (Å²) in [5, 5.41) is 8.30. The smallest absolute Gasteiger partial charge is 0.337 e. The third kappa shape index (κ3) is 4.18. The van der Waals surface area contributed by atoms with Crippen LogP contribution in [0.15, 0.2) is 17.0 Å². The molecule has 0 amide bonds. The maximum atomic E-state index is 13.5. The lowest BCUT2D eigenvalue weighted by molar-refractivity contribution is 0.0696. The topological polar surface area (TPSA) is 71.4 Å². The summed E-state index contributed by atoms with van der Waals surface area (Å²) >= 11 is 5.51. The molecule has 0 saturated carbocycles. The van der Waals surface area contributed by atoms with Gasteiger partial charge >= 0.3 is 5.97 Å². The van der Waals surface area contributed by atoms with Crippen LogP contribution in [0.1, 0.15) is 37.0 Å². The highest BCUT2D eigenvalue weighted by molar-refractivity contribution is 7.91. The predicted octanol–water partition coefficient (Wildman–Crippen LogP) is 3.39. The van der Waals surface area contributed by atoms with Gasteiger partial charge in [-0.25, -0.2) is 17.6 Å². The van der Waals surface area contributed by atoms with Gasteiger partial charge < -0.3 is 5.11 Å². The Balaban J connectivity index is 3.10. The number of carbonyl (C=O) groups is 1. The van der Waals surface area contributed by atoms with Crippen LogP contribution >= 0.6 is 11.6 Å². The first-order valence-electron chi connectivity index (χ1n) is 6.10. The fourth-order valence-corrected chi connectivity index (χ4v) is 3.25. The zero-order valence-corrected chi connectivity index (χ0v) is 12.8. The van der Waals surface area contributed by atoms with E-state index in [1.165, 1.54) is 0 Å². The fourth-order valence-electron chi connectivity index (χ4n) is 1.70. The van der Waals surface area contributed by atoms with Gasteiger partial charge in [-0.3, -0.25) is 0 Å². The molecule has 1 N–H and O–H groups in total. The molecule has 0 spiro atoms. The van der Waals surface area contributed by atoms with Crippen LogP contribution in [0.2, 0.25) is 5.02 Å². The molecule has 0 saturated heterocycles. The van der Waals surface area contributed by atoms with E-state index in [-0.39, 0.29) is 10.6 Å².